The summed E-state index contributed by atoms with van der Waals surface area (Å²) in [5.41, 5.74) is 1.04. The monoisotopic (exact) mass is 357 g/mol. The lowest BCUT2D eigenvalue weighted by molar-refractivity contribution is 0.0767. The molecule has 1 aromatic heterocycles. The Labute approximate surface area is 153 Å². The van der Waals surface area contributed by atoms with Gasteiger partial charge in [0.05, 0.1) is 5.69 Å². The number of para-hydroxylation sites is 1. The Hall–Kier alpha value is -2.70. The van der Waals surface area contributed by atoms with Gasteiger partial charge in [0.2, 0.25) is 0 Å². The van der Waals surface area contributed by atoms with Crippen molar-refractivity contribution in [3.8, 4) is 0 Å². The number of hydrogen-bond donors (Lipinski definition) is 0. The number of carbonyl (C=O) groups is 1. The van der Waals surface area contributed by atoms with E-state index in [4.69, 9.17) is 0 Å². The fraction of sp³-hybridized carbons (Fsp3) is 0.421. The van der Waals surface area contributed by atoms with Crippen molar-refractivity contribution in [2.24, 2.45) is 0 Å². The zero-order chi connectivity index (χ0) is 18.5. The van der Waals surface area contributed by atoms with Gasteiger partial charge in [-0.05, 0) is 26.0 Å². The predicted molar refractivity (Wildman–Crippen MR) is 100 cm³/mol. The number of halogens is 1. The van der Waals surface area contributed by atoms with Crippen LogP contribution >= 0.6 is 0 Å². The predicted octanol–water partition coefficient (Wildman–Crippen LogP) is 2.42. The van der Waals surface area contributed by atoms with Gasteiger partial charge in [0.1, 0.15) is 23.7 Å². The van der Waals surface area contributed by atoms with E-state index in [2.05, 4.69) is 14.9 Å². The number of benzene rings is 1. The number of piperazine rings is 1. The van der Waals surface area contributed by atoms with Crippen molar-refractivity contribution in [3.05, 3.63) is 48.2 Å². The Morgan fingerprint density at radius 1 is 1.08 bits per heavy atom. The van der Waals surface area contributed by atoms with Crippen LogP contribution in [0.15, 0.2) is 36.7 Å². The molecule has 0 atom stereocenters. The van der Waals surface area contributed by atoms with Gasteiger partial charge in [-0.2, -0.15) is 0 Å². The third-order valence-electron chi connectivity index (χ3n) is 4.72. The van der Waals surface area contributed by atoms with Crippen LogP contribution in [0.1, 0.15) is 24.3 Å². The number of hydrogen-bond acceptors (Lipinski definition) is 5. The highest BCUT2D eigenvalue weighted by Crippen LogP contribution is 2.22. The molecule has 2 heterocycles. The summed E-state index contributed by atoms with van der Waals surface area (Å²) in [6, 6.07) is 8.58. The number of anilines is 2. The highest BCUT2D eigenvalue weighted by molar-refractivity contribution is 5.92. The van der Waals surface area contributed by atoms with E-state index in [9.17, 15) is 9.18 Å². The third kappa shape index (κ3) is 3.76. The molecule has 26 heavy (non-hydrogen) atoms. The fourth-order valence-corrected chi connectivity index (χ4v) is 3.19. The van der Waals surface area contributed by atoms with E-state index in [1.165, 1.54) is 12.4 Å². The Bertz CT molecular complexity index is 757. The second kappa shape index (κ2) is 8.12. The first kappa shape index (κ1) is 18.1. The smallest absolute Gasteiger partial charge is 0.272 e. The van der Waals surface area contributed by atoms with Crippen LogP contribution in [0.4, 0.5) is 15.9 Å². The molecule has 0 radical (unpaired) electrons. The number of rotatable bonds is 5. The van der Waals surface area contributed by atoms with Crippen LogP contribution in [0, 0.1) is 5.82 Å². The highest BCUT2D eigenvalue weighted by atomic mass is 19.1. The zero-order valence-corrected chi connectivity index (χ0v) is 15.2. The molecule has 0 unspecified atom stereocenters. The Balaban J connectivity index is 1.69. The molecule has 1 amide bonds. The van der Waals surface area contributed by atoms with Crippen molar-refractivity contribution in [1.82, 2.24) is 14.9 Å². The van der Waals surface area contributed by atoms with E-state index in [1.54, 1.807) is 23.1 Å². The molecular formula is C19H24FN5O. The maximum absolute atomic E-state index is 14.0. The quantitative estimate of drug-likeness (QED) is 0.823. The maximum Gasteiger partial charge on any atom is 0.272 e. The lowest BCUT2D eigenvalue weighted by Crippen LogP contribution is -2.47. The van der Waals surface area contributed by atoms with Crippen molar-refractivity contribution in [3.63, 3.8) is 0 Å². The summed E-state index contributed by atoms with van der Waals surface area (Å²) in [6.45, 7) is 8.02. The van der Waals surface area contributed by atoms with E-state index in [0.29, 0.717) is 50.6 Å². The van der Waals surface area contributed by atoms with Gasteiger partial charge in [0.15, 0.2) is 0 Å². The number of carbonyl (C=O) groups excluding carboxylic acids is 1. The van der Waals surface area contributed by atoms with Gasteiger partial charge < -0.3 is 14.7 Å². The Kier molecular flexibility index (Phi) is 5.65. The lowest BCUT2D eigenvalue weighted by Gasteiger charge is -2.36. The summed E-state index contributed by atoms with van der Waals surface area (Å²) in [5.74, 6) is 0.461. The van der Waals surface area contributed by atoms with E-state index < -0.39 is 0 Å². The van der Waals surface area contributed by atoms with Gasteiger partial charge in [-0.25, -0.2) is 14.4 Å². The van der Waals surface area contributed by atoms with Crippen molar-refractivity contribution < 1.29 is 9.18 Å². The minimum Gasteiger partial charge on any atom is -0.366 e. The zero-order valence-electron chi connectivity index (χ0n) is 15.2. The van der Waals surface area contributed by atoms with Crippen LogP contribution in [-0.4, -0.2) is 60.0 Å². The summed E-state index contributed by atoms with van der Waals surface area (Å²) < 4.78 is 14.0. The third-order valence-corrected chi connectivity index (χ3v) is 4.72. The second-order valence-corrected chi connectivity index (χ2v) is 6.16. The molecule has 0 saturated carbocycles. The van der Waals surface area contributed by atoms with Gasteiger partial charge in [-0.1, -0.05) is 12.1 Å². The van der Waals surface area contributed by atoms with Crippen molar-refractivity contribution >= 4 is 17.4 Å². The molecule has 1 saturated heterocycles. The van der Waals surface area contributed by atoms with Gasteiger partial charge in [-0.15, -0.1) is 0 Å². The lowest BCUT2D eigenvalue weighted by atomic mass is 10.2. The SMILES string of the molecule is CCN(CC)C(=O)c1cc(N2CCN(c3ccccc3F)CC2)ncn1. The molecule has 0 N–H and O–H groups in total. The molecule has 7 heteroatoms. The summed E-state index contributed by atoms with van der Waals surface area (Å²) in [4.78, 5) is 26.8. The molecule has 1 aliphatic heterocycles. The molecule has 138 valence electrons. The number of aromatic nitrogens is 2. The molecule has 0 bridgehead atoms. The number of nitrogens with zero attached hydrogens (tertiary/aromatic N) is 5. The van der Waals surface area contributed by atoms with Gasteiger partial charge in [0, 0.05) is 45.3 Å². The topological polar surface area (TPSA) is 52.6 Å². The van der Waals surface area contributed by atoms with E-state index >= 15 is 0 Å². The summed E-state index contributed by atoms with van der Waals surface area (Å²) in [7, 11) is 0. The van der Waals surface area contributed by atoms with Crippen LogP contribution in [0.5, 0.6) is 0 Å². The van der Waals surface area contributed by atoms with E-state index in [1.807, 2.05) is 24.8 Å². The van der Waals surface area contributed by atoms with E-state index in [-0.39, 0.29) is 11.7 Å². The molecule has 6 nitrogen and oxygen atoms in total. The van der Waals surface area contributed by atoms with Crippen LogP contribution in [0.2, 0.25) is 0 Å². The van der Waals surface area contributed by atoms with Crippen LogP contribution in [0.25, 0.3) is 0 Å². The standard InChI is InChI=1S/C19H24FN5O/c1-3-23(4-2)19(26)16-13-18(22-14-21-16)25-11-9-24(10-12-25)17-8-6-5-7-15(17)20/h5-8,13-14H,3-4,9-12H2,1-2H3. The average molecular weight is 357 g/mol. The molecular weight excluding hydrogens is 333 g/mol. The van der Waals surface area contributed by atoms with Crippen molar-refractivity contribution in [2.45, 2.75) is 13.8 Å². The minimum absolute atomic E-state index is 0.0800. The van der Waals surface area contributed by atoms with Gasteiger partial charge in [0.25, 0.3) is 5.91 Å². The molecule has 0 aliphatic carbocycles. The summed E-state index contributed by atoms with van der Waals surface area (Å²) in [6.07, 6.45) is 1.44. The first-order valence-corrected chi connectivity index (χ1v) is 8.99. The molecule has 0 spiro atoms. The fourth-order valence-electron chi connectivity index (χ4n) is 3.19. The van der Waals surface area contributed by atoms with Crippen LogP contribution in [0.3, 0.4) is 0 Å². The van der Waals surface area contributed by atoms with Crippen molar-refractivity contribution in [2.75, 3.05) is 49.1 Å². The Morgan fingerprint density at radius 2 is 1.73 bits per heavy atom. The van der Waals surface area contributed by atoms with Crippen LogP contribution in [-0.2, 0) is 0 Å². The van der Waals surface area contributed by atoms with Gasteiger partial charge in [-0.3, -0.25) is 4.79 Å². The summed E-state index contributed by atoms with van der Waals surface area (Å²) >= 11 is 0. The summed E-state index contributed by atoms with van der Waals surface area (Å²) in [5, 5.41) is 0. The highest BCUT2D eigenvalue weighted by Gasteiger charge is 2.22. The number of amides is 1. The van der Waals surface area contributed by atoms with E-state index in [0.717, 1.165) is 5.82 Å². The molecule has 1 aliphatic rings. The molecule has 1 aromatic carbocycles. The van der Waals surface area contributed by atoms with Crippen molar-refractivity contribution in [1.29, 1.82) is 0 Å². The second-order valence-electron chi connectivity index (χ2n) is 6.16. The molecule has 2 aromatic rings. The largest absolute Gasteiger partial charge is 0.366 e. The molecule has 3 rings (SSSR count). The average Bonchev–Trinajstić information content (AvgIpc) is 2.69. The Morgan fingerprint density at radius 3 is 2.38 bits per heavy atom. The normalized spacial score (nSPS) is 14.4. The van der Waals surface area contributed by atoms with Crippen LogP contribution < -0.4 is 9.80 Å². The first-order valence-electron chi connectivity index (χ1n) is 8.99. The molecule has 1 fully saturated rings. The first-order chi connectivity index (χ1) is 12.6. The van der Waals surface area contributed by atoms with Gasteiger partial charge >= 0.3 is 0 Å². The maximum atomic E-state index is 14.0. The minimum atomic E-state index is -0.199.